The molecule has 0 unspecified atom stereocenters. The fraction of sp³-hybridized carbons (Fsp3) is 0.308. The molecule has 0 aliphatic rings. The Bertz CT molecular complexity index is 407. The number of benzene rings is 1. The first-order chi connectivity index (χ1) is 7.67. The third-order valence-electron chi connectivity index (χ3n) is 2.37. The normalized spacial score (nSPS) is 9.31. The Morgan fingerprint density at radius 3 is 2.94 bits per heavy atom. The SMILES string of the molecule is C#Cc1cccc(NCC(=O)N(C)CC)c1. The van der Waals surface area contributed by atoms with Crippen LogP contribution in [0.4, 0.5) is 5.69 Å². The van der Waals surface area contributed by atoms with Crippen LogP contribution in [0, 0.1) is 12.3 Å². The lowest BCUT2D eigenvalue weighted by Crippen LogP contribution is -2.31. The second kappa shape index (κ2) is 5.82. The number of nitrogens with one attached hydrogen (secondary N) is 1. The second-order valence-electron chi connectivity index (χ2n) is 3.49. The molecule has 0 atom stereocenters. The molecule has 0 spiro atoms. The molecule has 0 aliphatic carbocycles. The zero-order valence-electron chi connectivity index (χ0n) is 9.66. The van der Waals surface area contributed by atoms with Crippen LogP contribution in [-0.4, -0.2) is 30.9 Å². The summed E-state index contributed by atoms with van der Waals surface area (Å²) in [4.78, 5) is 13.2. The molecular formula is C13H16N2O. The average molecular weight is 216 g/mol. The van der Waals surface area contributed by atoms with Gasteiger partial charge in [0.2, 0.25) is 5.91 Å². The van der Waals surface area contributed by atoms with Gasteiger partial charge in [0.25, 0.3) is 0 Å². The zero-order valence-corrected chi connectivity index (χ0v) is 9.66. The molecule has 0 bridgehead atoms. The van der Waals surface area contributed by atoms with E-state index in [9.17, 15) is 4.79 Å². The summed E-state index contributed by atoms with van der Waals surface area (Å²) in [6.07, 6.45) is 5.29. The molecule has 0 fully saturated rings. The predicted molar refractivity (Wildman–Crippen MR) is 66.2 cm³/mol. The van der Waals surface area contributed by atoms with E-state index in [0.29, 0.717) is 13.1 Å². The van der Waals surface area contributed by atoms with Crippen LogP contribution < -0.4 is 5.32 Å². The minimum Gasteiger partial charge on any atom is -0.376 e. The highest BCUT2D eigenvalue weighted by molar-refractivity contribution is 5.80. The number of carbonyl (C=O) groups excluding carboxylic acids is 1. The summed E-state index contributed by atoms with van der Waals surface area (Å²) in [5.41, 5.74) is 1.68. The van der Waals surface area contributed by atoms with Crippen molar-refractivity contribution in [3.63, 3.8) is 0 Å². The van der Waals surface area contributed by atoms with E-state index < -0.39 is 0 Å². The van der Waals surface area contributed by atoms with Gasteiger partial charge in [-0.3, -0.25) is 4.79 Å². The third-order valence-corrected chi connectivity index (χ3v) is 2.37. The van der Waals surface area contributed by atoms with Crippen molar-refractivity contribution in [3.05, 3.63) is 29.8 Å². The lowest BCUT2D eigenvalue weighted by molar-refractivity contribution is -0.127. The van der Waals surface area contributed by atoms with E-state index in [-0.39, 0.29) is 5.91 Å². The van der Waals surface area contributed by atoms with Crippen LogP contribution in [0.2, 0.25) is 0 Å². The van der Waals surface area contributed by atoms with Crippen LogP contribution in [-0.2, 0) is 4.79 Å². The highest BCUT2D eigenvalue weighted by Gasteiger charge is 2.05. The molecule has 1 aromatic rings. The molecule has 3 heteroatoms. The number of hydrogen-bond acceptors (Lipinski definition) is 2. The molecule has 0 saturated carbocycles. The maximum atomic E-state index is 11.5. The average Bonchev–Trinajstić information content (AvgIpc) is 2.35. The number of amides is 1. The van der Waals surface area contributed by atoms with Gasteiger partial charge in [0.05, 0.1) is 6.54 Å². The summed E-state index contributed by atoms with van der Waals surface area (Å²) in [6.45, 7) is 2.94. The van der Waals surface area contributed by atoms with Gasteiger partial charge in [-0.05, 0) is 25.1 Å². The van der Waals surface area contributed by atoms with Gasteiger partial charge in [-0.25, -0.2) is 0 Å². The Hall–Kier alpha value is -1.95. The summed E-state index contributed by atoms with van der Waals surface area (Å²) in [5.74, 6) is 2.62. The van der Waals surface area contributed by atoms with Gasteiger partial charge in [-0.1, -0.05) is 12.0 Å². The summed E-state index contributed by atoms with van der Waals surface area (Å²) in [5, 5.41) is 3.05. The maximum Gasteiger partial charge on any atom is 0.241 e. The minimum absolute atomic E-state index is 0.0635. The number of anilines is 1. The van der Waals surface area contributed by atoms with Crippen molar-refractivity contribution in [3.8, 4) is 12.3 Å². The number of hydrogen-bond donors (Lipinski definition) is 1. The lowest BCUT2D eigenvalue weighted by Gasteiger charge is -2.15. The molecule has 1 N–H and O–H groups in total. The Balaban J connectivity index is 2.55. The van der Waals surface area contributed by atoms with Crippen LogP contribution in [0.15, 0.2) is 24.3 Å². The summed E-state index contributed by atoms with van der Waals surface area (Å²) in [6, 6.07) is 7.45. The van der Waals surface area contributed by atoms with Crippen molar-refractivity contribution < 1.29 is 4.79 Å². The number of terminal acetylenes is 1. The molecule has 0 saturated heterocycles. The molecule has 84 valence electrons. The third kappa shape index (κ3) is 3.32. The van der Waals surface area contributed by atoms with E-state index in [1.54, 1.807) is 11.9 Å². The number of rotatable bonds is 4. The van der Waals surface area contributed by atoms with Gasteiger partial charge in [0.15, 0.2) is 0 Å². The van der Waals surface area contributed by atoms with Crippen molar-refractivity contribution in [2.45, 2.75) is 6.92 Å². The fourth-order valence-electron chi connectivity index (χ4n) is 1.21. The second-order valence-corrected chi connectivity index (χ2v) is 3.49. The summed E-state index contributed by atoms with van der Waals surface area (Å²) >= 11 is 0. The molecule has 0 aliphatic heterocycles. The highest BCUT2D eigenvalue weighted by atomic mass is 16.2. The zero-order chi connectivity index (χ0) is 12.0. The van der Waals surface area contributed by atoms with E-state index in [2.05, 4.69) is 11.2 Å². The van der Waals surface area contributed by atoms with Crippen molar-refractivity contribution in [1.29, 1.82) is 0 Å². The van der Waals surface area contributed by atoms with E-state index in [4.69, 9.17) is 6.42 Å². The van der Waals surface area contributed by atoms with E-state index in [1.165, 1.54) is 0 Å². The van der Waals surface area contributed by atoms with Gasteiger partial charge in [-0.15, -0.1) is 6.42 Å². The van der Waals surface area contributed by atoms with Crippen molar-refractivity contribution >= 4 is 11.6 Å². The van der Waals surface area contributed by atoms with Gasteiger partial charge >= 0.3 is 0 Å². The first-order valence-corrected chi connectivity index (χ1v) is 5.22. The van der Waals surface area contributed by atoms with Crippen molar-refractivity contribution in [1.82, 2.24) is 4.90 Å². The molecule has 1 rings (SSSR count). The monoisotopic (exact) mass is 216 g/mol. The van der Waals surface area contributed by atoms with Crippen LogP contribution in [0.25, 0.3) is 0 Å². The van der Waals surface area contributed by atoms with E-state index >= 15 is 0 Å². The number of carbonyl (C=O) groups is 1. The van der Waals surface area contributed by atoms with Gasteiger partial charge in [0.1, 0.15) is 0 Å². The Labute approximate surface area is 96.5 Å². The standard InChI is InChI=1S/C13H16N2O/c1-4-11-7-6-8-12(9-11)14-10-13(16)15(3)5-2/h1,6-9,14H,5,10H2,2-3H3. The topological polar surface area (TPSA) is 32.3 Å². The van der Waals surface area contributed by atoms with Gasteiger partial charge in [-0.2, -0.15) is 0 Å². The van der Waals surface area contributed by atoms with E-state index in [0.717, 1.165) is 11.3 Å². The van der Waals surface area contributed by atoms with Crippen LogP contribution in [0.5, 0.6) is 0 Å². The Morgan fingerprint density at radius 2 is 2.31 bits per heavy atom. The first kappa shape index (κ1) is 12.1. The van der Waals surface area contributed by atoms with Gasteiger partial charge < -0.3 is 10.2 Å². The highest BCUT2D eigenvalue weighted by Crippen LogP contribution is 2.09. The number of nitrogens with zero attached hydrogens (tertiary/aromatic N) is 1. The molecule has 0 radical (unpaired) electrons. The molecule has 3 nitrogen and oxygen atoms in total. The smallest absolute Gasteiger partial charge is 0.241 e. The summed E-state index contributed by atoms with van der Waals surface area (Å²) in [7, 11) is 1.78. The number of likely N-dealkylation sites (N-methyl/N-ethyl adjacent to an activating group) is 1. The first-order valence-electron chi connectivity index (χ1n) is 5.22. The molecule has 0 aromatic heterocycles. The van der Waals surface area contributed by atoms with Crippen LogP contribution >= 0.6 is 0 Å². The molecule has 1 amide bonds. The maximum absolute atomic E-state index is 11.5. The predicted octanol–water partition coefficient (Wildman–Crippen LogP) is 1.56. The van der Waals surface area contributed by atoms with E-state index in [1.807, 2.05) is 31.2 Å². The van der Waals surface area contributed by atoms with Crippen molar-refractivity contribution in [2.75, 3.05) is 25.5 Å². The van der Waals surface area contributed by atoms with Crippen molar-refractivity contribution in [2.24, 2.45) is 0 Å². The fourth-order valence-corrected chi connectivity index (χ4v) is 1.21. The molecule has 16 heavy (non-hydrogen) atoms. The largest absolute Gasteiger partial charge is 0.376 e. The Kier molecular flexibility index (Phi) is 4.41. The van der Waals surface area contributed by atoms with Crippen LogP contribution in [0.1, 0.15) is 12.5 Å². The lowest BCUT2D eigenvalue weighted by atomic mass is 10.2. The van der Waals surface area contributed by atoms with Crippen LogP contribution in [0.3, 0.4) is 0 Å². The van der Waals surface area contributed by atoms with Gasteiger partial charge in [0, 0.05) is 24.8 Å². The molecule has 1 aromatic carbocycles. The molecular weight excluding hydrogens is 200 g/mol. The minimum atomic E-state index is 0.0635. The molecule has 0 heterocycles. The summed E-state index contributed by atoms with van der Waals surface area (Å²) < 4.78 is 0. The quantitative estimate of drug-likeness (QED) is 0.775. The Morgan fingerprint density at radius 1 is 1.56 bits per heavy atom.